The average Bonchev–Trinajstić information content (AvgIpc) is 3.49. The molecule has 1 aliphatic heterocycles. The van der Waals surface area contributed by atoms with E-state index < -0.39 is 52.4 Å². The predicted molar refractivity (Wildman–Crippen MR) is 245 cm³/mol. The molecule has 1 heterocycles. The third kappa shape index (κ3) is 17.0. The number of carbonyl (C=O) groups is 2. The second-order valence-corrected chi connectivity index (χ2v) is 29.1. The molecule has 1 unspecified atom stereocenters. The molecule has 5 atom stereocenters. The first-order chi connectivity index (χ1) is 28.6. The van der Waals surface area contributed by atoms with E-state index in [0.29, 0.717) is 49.3 Å². The van der Waals surface area contributed by atoms with Crippen LogP contribution in [-0.2, 0) is 28.1 Å². The van der Waals surface area contributed by atoms with Crippen molar-refractivity contribution in [1.82, 2.24) is 0 Å². The van der Waals surface area contributed by atoms with Crippen LogP contribution in [0.15, 0.2) is 65.8 Å². The lowest BCUT2D eigenvalue weighted by atomic mass is 9.99. The number of unbranched alkanes of at least 4 members (excludes halogenated alkanes) is 1. The molecule has 1 fully saturated rings. The van der Waals surface area contributed by atoms with Gasteiger partial charge in [-0.2, -0.15) is 0 Å². The average molecular weight is 882 g/mol. The van der Waals surface area contributed by atoms with Crippen molar-refractivity contribution in [2.45, 2.75) is 142 Å². The molecule has 0 aromatic heterocycles. The first-order valence-corrected chi connectivity index (χ1v) is 27.9. The fourth-order valence-electron chi connectivity index (χ4n) is 6.15. The van der Waals surface area contributed by atoms with Gasteiger partial charge in [-0.3, -0.25) is 0 Å². The molecule has 1 saturated heterocycles. The number of nitrogens with zero attached hydrogens (tertiary/aromatic N) is 3. The second-order valence-electron chi connectivity index (χ2n) is 18.7. The molecule has 0 radical (unpaired) electrons. The van der Waals surface area contributed by atoms with Gasteiger partial charge in [-0.05, 0) is 105 Å². The predicted octanol–water partition coefficient (Wildman–Crippen LogP) is 11.4. The minimum atomic E-state index is -2.04. The molecule has 0 bridgehead atoms. The number of benzene rings is 2. The first-order valence-electron chi connectivity index (χ1n) is 21.3. The summed E-state index contributed by atoms with van der Waals surface area (Å²) in [7, 11) is -2.04. The van der Waals surface area contributed by atoms with Gasteiger partial charge in [0.1, 0.15) is 29.3 Å². The van der Waals surface area contributed by atoms with Gasteiger partial charge in [0.2, 0.25) is 0 Å². The molecule has 2 aromatic rings. The van der Waals surface area contributed by atoms with Gasteiger partial charge in [0.25, 0.3) is 0 Å². The Kier molecular flexibility index (Phi) is 19.8. The highest BCUT2D eigenvalue weighted by molar-refractivity contribution is 6.76. The Morgan fingerprint density at radius 3 is 2.31 bits per heavy atom. The summed E-state index contributed by atoms with van der Waals surface area (Å²) in [6.07, 6.45) is 7.18. The van der Waals surface area contributed by atoms with E-state index in [-0.39, 0.29) is 41.8 Å². The van der Waals surface area contributed by atoms with Gasteiger partial charge in [0.15, 0.2) is 20.9 Å². The van der Waals surface area contributed by atoms with Crippen molar-refractivity contribution in [3.63, 3.8) is 0 Å². The monoisotopic (exact) mass is 881 g/mol. The highest BCUT2D eigenvalue weighted by Gasteiger charge is 2.46. The number of rotatable bonds is 24. The number of azide groups is 1. The molecule has 0 amide bonds. The smallest absolute Gasteiger partial charge is 0.342 e. The standard InChI is InChI=1S/C46H71N3O10Si2/c1-33(34(2)59-61(12,13)45(3,4)5)24-25-38(56-43(50)35-20-15-14-16-21-35)42-39(57-46(6,7)58-42)23-19-22-36-30-37(53-27-18-17-26-48-49-47)31-40(55-32-52-8)41(36)44(51)54-28-29-60(9,10)11/h14-16,19-22,24-25,30-31,33-34,38-39,42H,17-18,23,26-29,32H2,1-13H3/t33-,34-,38?,39+,42-/m1/s1. The largest absolute Gasteiger partial charge is 0.493 e. The molecule has 15 heteroatoms. The van der Waals surface area contributed by atoms with Crippen molar-refractivity contribution in [2.24, 2.45) is 11.0 Å². The summed E-state index contributed by atoms with van der Waals surface area (Å²) in [6.45, 7) is 26.6. The number of ether oxygens (including phenoxy) is 7. The van der Waals surface area contributed by atoms with Gasteiger partial charge in [0.05, 0.1) is 24.9 Å². The molecule has 61 heavy (non-hydrogen) atoms. The van der Waals surface area contributed by atoms with E-state index in [0.717, 1.165) is 6.04 Å². The fraction of sp³-hybridized carbons (Fsp3) is 0.609. The summed E-state index contributed by atoms with van der Waals surface area (Å²) in [6, 6.07) is 13.1. The number of carbonyl (C=O) groups excluding carboxylic acids is 2. The molecular weight excluding hydrogens is 811 g/mol. The van der Waals surface area contributed by atoms with Crippen LogP contribution >= 0.6 is 0 Å². The summed E-state index contributed by atoms with van der Waals surface area (Å²) < 4.78 is 49.0. The lowest BCUT2D eigenvalue weighted by Gasteiger charge is -2.39. The van der Waals surface area contributed by atoms with Crippen LogP contribution in [0, 0.1) is 5.92 Å². The molecular formula is C46H71N3O10Si2. The minimum absolute atomic E-state index is 0.000259. The molecule has 2 aromatic carbocycles. The SMILES string of the molecule is COCOc1cc(OCCCCN=[N+]=[N-])cc(C=CC[C@@H]2OC(C)(C)O[C@@H]2C(C=C[C@@H](C)[C@@H](C)O[Si](C)(C)C(C)(C)C)OC(=O)c2ccccc2)c1C(=O)OCC[Si](C)(C)C. The zero-order valence-corrected chi connectivity index (χ0v) is 40.8. The quantitative estimate of drug-likeness (QED) is 0.0145. The summed E-state index contributed by atoms with van der Waals surface area (Å²) in [4.78, 5) is 30.2. The van der Waals surface area contributed by atoms with Gasteiger partial charge < -0.3 is 37.6 Å². The fourth-order valence-corrected chi connectivity index (χ4v) is 8.36. The van der Waals surface area contributed by atoms with Gasteiger partial charge >= 0.3 is 11.9 Å². The summed E-state index contributed by atoms with van der Waals surface area (Å²) >= 11 is 0. The molecule has 338 valence electrons. The van der Waals surface area contributed by atoms with Crippen molar-refractivity contribution in [3.05, 3.63) is 87.8 Å². The van der Waals surface area contributed by atoms with Crippen LogP contribution in [0.2, 0.25) is 43.8 Å². The Labute approximate surface area is 366 Å². The van der Waals surface area contributed by atoms with Crippen LogP contribution in [0.4, 0.5) is 0 Å². The minimum Gasteiger partial charge on any atom is -0.493 e. The number of methoxy groups -OCH3 is 1. The number of hydrogen-bond acceptors (Lipinski definition) is 11. The van der Waals surface area contributed by atoms with Crippen molar-refractivity contribution in [2.75, 3.05) is 33.7 Å². The van der Waals surface area contributed by atoms with Crippen LogP contribution in [0.5, 0.6) is 11.5 Å². The van der Waals surface area contributed by atoms with Crippen molar-refractivity contribution in [1.29, 1.82) is 0 Å². The van der Waals surface area contributed by atoms with E-state index in [1.807, 2.05) is 44.2 Å². The van der Waals surface area contributed by atoms with Crippen molar-refractivity contribution in [3.8, 4) is 11.5 Å². The molecule has 0 spiro atoms. The number of hydrogen-bond donors (Lipinski definition) is 0. The molecule has 0 N–H and O–H groups in total. The Morgan fingerprint density at radius 2 is 1.67 bits per heavy atom. The lowest BCUT2D eigenvalue weighted by molar-refractivity contribution is -0.152. The van der Waals surface area contributed by atoms with E-state index in [9.17, 15) is 9.59 Å². The molecule has 1 aliphatic rings. The number of esters is 2. The van der Waals surface area contributed by atoms with Crippen LogP contribution in [0.3, 0.4) is 0 Å². The first kappa shape index (κ1) is 51.4. The van der Waals surface area contributed by atoms with Crippen LogP contribution in [-0.4, -0.2) is 92.2 Å². The third-order valence-electron chi connectivity index (χ3n) is 10.8. The van der Waals surface area contributed by atoms with Gasteiger partial charge in [-0.15, -0.1) is 0 Å². The summed E-state index contributed by atoms with van der Waals surface area (Å²) in [5, 5.41) is 3.65. The van der Waals surface area contributed by atoms with Gasteiger partial charge in [0, 0.05) is 38.8 Å². The van der Waals surface area contributed by atoms with Crippen LogP contribution < -0.4 is 9.47 Å². The maximum absolute atomic E-state index is 13.8. The summed E-state index contributed by atoms with van der Waals surface area (Å²) in [5.74, 6) is -1.26. The van der Waals surface area contributed by atoms with Crippen molar-refractivity contribution < 1.29 is 47.2 Å². The zero-order chi connectivity index (χ0) is 45.4. The van der Waals surface area contributed by atoms with Crippen LogP contribution in [0.25, 0.3) is 16.5 Å². The zero-order valence-electron chi connectivity index (χ0n) is 38.8. The van der Waals surface area contributed by atoms with E-state index >= 15 is 0 Å². The van der Waals surface area contributed by atoms with Gasteiger partial charge in [-0.1, -0.05) is 88.9 Å². The maximum atomic E-state index is 13.8. The van der Waals surface area contributed by atoms with E-state index in [2.05, 4.69) is 77.4 Å². The Hall–Kier alpha value is -3.96. The molecule has 3 rings (SSSR count). The van der Waals surface area contributed by atoms with E-state index in [1.54, 1.807) is 36.4 Å². The molecule has 0 saturated carbocycles. The highest BCUT2D eigenvalue weighted by atomic mass is 28.4. The normalized spacial score (nSPS) is 18.4. The molecule has 0 aliphatic carbocycles. The Bertz CT molecular complexity index is 1820. The van der Waals surface area contributed by atoms with Crippen LogP contribution in [0.1, 0.15) is 94.0 Å². The highest BCUT2D eigenvalue weighted by Crippen LogP contribution is 2.39. The van der Waals surface area contributed by atoms with E-state index in [4.69, 9.17) is 43.1 Å². The van der Waals surface area contributed by atoms with E-state index in [1.165, 1.54) is 7.11 Å². The Morgan fingerprint density at radius 1 is 0.967 bits per heavy atom. The van der Waals surface area contributed by atoms with Crippen molar-refractivity contribution >= 4 is 34.4 Å². The topological polar surface area (TPSA) is 157 Å². The van der Waals surface area contributed by atoms with Gasteiger partial charge in [-0.25, -0.2) is 9.59 Å². The third-order valence-corrected chi connectivity index (χ3v) is 17.1. The Balaban J connectivity index is 2.01. The summed E-state index contributed by atoms with van der Waals surface area (Å²) in [5.41, 5.74) is 9.79. The second kappa shape index (κ2) is 23.5. The lowest BCUT2D eigenvalue weighted by Crippen LogP contribution is -2.44. The molecule has 13 nitrogen and oxygen atoms in total. The maximum Gasteiger partial charge on any atom is 0.342 e.